The highest BCUT2D eigenvalue weighted by atomic mass is 79.9. The van der Waals surface area contributed by atoms with Crippen molar-refractivity contribution in [1.82, 2.24) is 9.94 Å². The number of fused-ring (bicyclic) bond motifs is 1. The van der Waals surface area contributed by atoms with Crippen molar-refractivity contribution in [3.8, 4) is 0 Å². The summed E-state index contributed by atoms with van der Waals surface area (Å²) in [5, 5.41) is 5.89. The Morgan fingerprint density at radius 1 is 1.17 bits per heavy atom. The minimum atomic E-state index is -1.18. The molecule has 0 radical (unpaired) electrons. The van der Waals surface area contributed by atoms with Gasteiger partial charge in [0.1, 0.15) is 12.1 Å². The van der Waals surface area contributed by atoms with Crippen molar-refractivity contribution in [2.45, 2.75) is 77.9 Å². The van der Waals surface area contributed by atoms with E-state index < -0.39 is 15.2 Å². The van der Waals surface area contributed by atoms with Crippen LogP contribution in [-0.2, 0) is 15.7 Å². The summed E-state index contributed by atoms with van der Waals surface area (Å²) >= 11 is 3.70. The maximum Gasteiger partial charge on any atom is 0.487 e. The van der Waals surface area contributed by atoms with Crippen molar-refractivity contribution < 1.29 is 14.1 Å². The Bertz CT molecular complexity index is 934. The molecule has 1 aliphatic heterocycles. The van der Waals surface area contributed by atoms with Crippen LogP contribution in [0.15, 0.2) is 22.6 Å². The molecule has 0 atom stereocenters. The Labute approximate surface area is 190 Å². The zero-order valence-electron chi connectivity index (χ0n) is 19.5. The van der Waals surface area contributed by atoms with E-state index in [-0.39, 0.29) is 11.2 Å². The maximum absolute atomic E-state index is 6.11. The van der Waals surface area contributed by atoms with E-state index in [0.29, 0.717) is 6.61 Å². The predicted molar refractivity (Wildman–Crippen MR) is 132 cm³/mol. The van der Waals surface area contributed by atoms with Gasteiger partial charge in [-0.15, -0.1) is 5.10 Å². The molecule has 1 aliphatic rings. The van der Waals surface area contributed by atoms with E-state index in [1.165, 1.54) is 5.56 Å². The van der Waals surface area contributed by atoms with Crippen LogP contribution in [0.3, 0.4) is 0 Å². The predicted octanol–water partition coefficient (Wildman–Crippen LogP) is 5.77. The van der Waals surface area contributed by atoms with Crippen molar-refractivity contribution in [1.29, 1.82) is 0 Å². The topological polar surface area (TPSA) is 45.5 Å². The van der Waals surface area contributed by atoms with E-state index in [1.807, 2.05) is 12.1 Å². The fourth-order valence-corrected chi connectivity index (χ4v) is 4.71. The first-order valence-corrected chi connectivity index (χ1v) is 15.2. The molecule has 0 bridgehead atoms. The Balaban J connectivity index is 1.94. The van der Waals surface area contributed by atoms with Gasteiger partial charge in [0.05, 0.1) is 16.9 Å². The van der Waals surface area contributed by atoms with Crippen LogP contribution in [0.4, 0.5) is 0 Å². The molecule has 164 valence electrons. The van der Waals surface area contributed by atoms with E-state index >= 15 is 0 Å². The summed E-state index contributed by atoms with van der Waals surface area (Å²) in [4.78, 5) is 7.77. The standard InChI is InChI=1S/C22H34BBrN2O3Si/c1-9-16-17(24)10-11-19-20(16)18(25-26(19)27-14-15-30(6,7)8)12-13-23-28-21(2,3)22(4,5)29-23/h10-13H,9,14-15H2,1-8H3. The fourth-order valence-electron chi connectivity index (χ4n) is 3.39. The van der Waals surface area contributed by atoms with Gasteiger partial charge < -0.3 is 14.1 Å². The van der Waals surface area contributed by atoms with Gasteiger partial charge >= 0.3 is 7.12 Å². The lowest BCUT2D eigenvalue weighted by Gasteiger charge is -2.32. The molecule has 2 aromatic rings. The maximum atomic E-state index is 6.11. The van der Waals surface area contributed by atoms with Gasteiger partial charge in [-0.25, -0.2) is 0 Å². The van der Waals surface area contributed by atoms with Crippen molar-refractivity contribution in [3.05, 3.63) is 33.8 Å². The molecule has 1 fully saturated rings. The number of benzene rings is 1. The quantitative estimate of drug-likeness (QED) is 0.460. The van der Waals surface area contributed by atoms with E-state index in [1.54, 1.807) is 4.85 Å². The first-order chi connectivity index (χ1) is 13.8. The number of halogens is 1. The second-order valence-electron chi connectivity index (χ2n) is 10.2. The third-order valence-electron chi connectivity index (χ3n) is 6.00. The summed E-state index contributed by atoms with van der Waals surface area (Å²) in [6.45, 7) is 18.1. The average Bonchev–Trinajstić information content (AvgIpc) is 3.05. The van der Waals surface area contributed by atoms with E-state index in [4.69, 9.17) is 19.2 Å². The summed E-state index contributed by atoms with van der Waals surface area (Å²) in [5.74, 6) is 1.95. The SMILES string of the molecule is CCc1c(Br)ccc2c1c(C=CB1OC(C)(C)C(C)(C)O1)nn2OCC[Si](C)(C)C. The van der Waals surface area contributed by atoms with Gasteiger partial charge in [0.25, 0.3) is 0 Å². The van der Waals surface area contributed by atoms with Crippen molar-refractivity contribution in [2.75, 3.05) is 6.61 Å². The lowest BCUT2D eigenvalue weighted by Crippen LogP contribution is -2.41. The van der Waals surface area contributed by atoms with Crippen LogP contribution in [0.5, 0.6) is 0 Å². The molecule has 8 heteroatoms. The molecule has 1 aromatic heterocycles. The molecule has 2 heterocycles. The van der Waals surface area contributed by atoms with Gasteiger partial charge in [0.2, 0.25) is 0 Å². The molecule has 1 aromatic carbocycles. The van der Waals surface area contributed by atoms with Crippen LogP contribution in [0, 0.1) is 0 Å². The van der Waals surface area contributed by atoms with Gasteiger partial charge in [-0.1, -0.05) is 53.3 Å². The van der Waals surface area contributed by atoms with Crippen LogP contribution in [0.1, 0.15) is 45.9 Å². The van der Waals surface area contributed by atoms with Crippen molar-refractivity contribution >= 4 is 48.1 Å². The van der Waals surface area contributed by atoms with Gasteiger partial charge in [-0.05, 0) is 63.9 Å². The Morgan fingerprint density at radius 2 is 1.80 bits per heavy atom. The molecule has 0 saturated carbocycles. The summed E-state index contributed by atoms with van der Waals surface area (Å²) in [6.07, 6.45) is 2.89. The zero-order valence-corrected chi connectivity index (χ0v) is 22.1. The summed E-state index contributed by atoms with van der Waals surface area (Å²) in [6, 6.07) is 5.22. The lowest BCUT2D eigenvalue weighted by molar-refractivity contribution is 0.00578. The third kappa shape index (κ3) is 4.87. The largest absolute Gasteiger partial charge is 0.487 e. The molecular weight excluding hydrogens is 459 g/mol. The number of hydrogen-bond donors (Lipinski definition) is 0. The third-order valence-corrected chi connectivity index (χ3v) is 8.44. The van der Waals surface area contributed by atoms with Crippen LogP contribution >= 0.6 is 15.9 Å². The lowest BCUT2D eigenvalue weighted by atomic mass is 9.89. The number of aryl methyl sites for hydroxylation is 1. The number of aromatic nitrogens is 2. The fraction of sp³-hybridized carbons (Fsp3) is 0.591. The minimum absolute atomic E-state index is 0.360. The van der Waals surface area contributed by atoms with Gasteiger partial charge in [0, 0.05) is 17.9 Å². The number of rotatable bonds is 7. The van der Waals surface area contributed by atoms with E-state index in [0.717, 1.165) is 33.5 Å². The Kier molecular flexibility index (Phi) is 6.64. The van der Waals surface area contributed by atoms with Gasteiger partial charge in [0.15, 0.2) is 0 Å². The van der Waals surface area contributed by atoms with Crippen LogP contribution in [-0.4, -0.2) is 42.9 Å². The minimum Gasteiger partial charge on any atom is -0.400 e. The molecule has 0 aliphatic carbocycles. The van der Waals surface area contributed by atoms with Crippen molar-refractivity contribution in [3.63, 3.8) is 0 Å². The van der Waals surface area contributed by atoms with Crippen LogP contribution in [0.2, 0.25) is 25.7 Å². The monoisotopic (exact) mass is 492 g/mol. The van der Waals surface area contributed by atoms with Gasteiger partial charge in [-0.2, -0.15) is 0 Å². The molecular formula is C22H34BBrN2O3Si. The Hall–Kier alpha value is -1.09. The Morgan fingerprint density at radius 3 is 2.37 bits per heavy atom. The molecule has 0 unspecified atom stereocenters. The summed E-state index contributed by atoms with van der Waals surface area (Å²) in [5.41, 5.74) is 2.35. The highest BCUT2D eigenvalue weighted by molar-refractivity contribution is 9.10. The second kappa shape index (κ2) is 8.45. The number of nitrogens with zero attached hydrogens (tertiary/aromatic N) is 2. The molecule has 0 amide bonds. The number of hydrogen-bond acceptors (Lipinski definition) is 4. The summed E-state index contributed by atoms with van der Waals surface area (Å²) < 4.78 is 13.3. The van der Waals surface area contributed by atoms with Crippen molar-refractivity contribution in [2.24, 2.45) is 0 Å². The average molecular weight is 493 g/mol. The van der Waals surface area contributed by atoms with E-state index in [9.17, 15) is 0 Å². The molecule has 0 N–H and O–H groups in total. The van der Waals surface area contributed by atoms with Crippen LogP contribution in [0.25, 0.3) is 17.0 Å². The highest BCUT2D eigenvalue weighted by Gasteiger charge is 2.50. The smallest absolute Gasteiger partial charge is 0.400 e. The molecule has 3 rings (SSSR count). The molecule has 5 nitrogen and oxygen atoms in total. The first kappa shape index (κ1) is 23.6. The highest BCUT2D eigenvalue weighted by Crippen LogP contribution is 2.37. The van der Waals surface area contributed by atoms with Gasteiger partial charge in [-0.3, -0.25) is 0 Å². The van der Waals surface area contributed by atoms with E-state index in [2.05, 4.69) is 82.3 Å². The first-order valence-electron chi connectivity index (χ1n) is 10.7. The summed E-state index contributed by atoms with van der Waals surface area (Å²) in [7, 11) is -1.58. The molecule has 30 heavy (non-hydrogen) atoms. The normalized spacial score (nSPS) is 18.6. The van der Waals surface area contributed by atoms with Crippen LogP contribution < -0.4 is 4.84 Å². The zero-order chi connectivity index (χ0) is 22.3. The molecule has 1 saturated heterocycles. The molecule has 0 spiro atoms. The second-order valence-corrected chi connectivity index (χ2v) is 16.6.